The Labute approximate surface area is 130 Å². The van der Waals surface area contributed by atoms with Crippen molar-refractivity contribution < 1.29 is 9.53 Å². The highest BCUT2D eigenvalue weighted by Crippen LogP contribution is 2.33. The standard InChI is InChI=1S/C15H25N3O2S/c1-3-11(10-8-6-5-7-9-10)17-14-12(13(16)18-21-14)15(19)20-4-2/h10-11,17H,3-9H2,1-2H3,(H2,16,18). The third-order valence-corrected chi connectivity index (χ3v) is 4.97. The summed E-state index contributed by atoms with van der Waals surface area (Å²) < 4.78 is 9.18. The SMILES string of the molecule is CCOC(=O)c1c(N)nsc1NC(CC)C1CCCCC1. The van der Waals surface area contributed by atoms with Crippen LogP contribution < -0.4 is 11.1 Å². The van der Waals surface area contributed by atoms with E-state index in [1.165, 1.54) is 43.6 Å². The van der Waals surface area contributed by atoms with Crippen molar-refractivity contribution in [1.82, 2.24) is 4.37 Å². The molecule has 2 rings (SSSR count). The van der Waals surface area contributed by atoms with E-state index in [-0.39, 0.29) is 11.8 Å². The number of aromatic nitrogens is 1. The van der Waals surface area contributed by atoms with Crippen LogP contribution in [0.2, 0.25) is 0 Å². The average molecular weight is 311 g/mol. The molecular formula is C15H25N3O2S. The van der Waals surface area contributed by atoms with Crippen LogP contribution in [0.5, 0.6) is 0 Å². The predicted molar refractivity (Wildman–Crippen MR) is 86.8 cm³/mol. The topological polar surface area (TPSA) is 77.2 Å². The van der Waals surface area contributed by atoms with Gasteiger partial charge in [0.25, 0.3) is 0 Å². The van der Waals surface area contributed by atoms with Crippen LogP contribution in [0.15, 0.2) is 0 Å². The first kappa shape index (κ1) is 16.1. The lowest BCUT2D eigenvalue weighted by atomic mass is 9.83. The molecule has 1 aliphatic carbocycles. The van der Waals surface area contributed by atoms with E-state index >= 15 is 0 Å². The van der Waals surface area contributed by atoms with Gasteiger partial charge in [0, 0.05) is 6.04 Å². The van der Waals surface area contributed by atoms with Gasteiger partial charge in [0.1, 0.15) is 10.6 Å². The molecule has 5 nitrogen and oxygen atoms in total. The molecule has 0 radical (unpaired) electrons. The van der Waals surface area contributed by atoms with E-state index in [1.54, 1.807) is 6.92 Å². The van der Waals surface area contributed by atoms with Gasteiger partial charge in [0.2, 0.25) is 0 Å². The van der Waals surface area contributed by atoms with Gasteiger partial charge in [-0.2, -0.15) is 4.37 Å². The summed E-state index contributed by atoms with van der Waals surface area (Å²) in [6, 6.07) is 0.373. The second kappa shape index (κ2) is 7.64. The number of hydrogen-bond donors (Lipinski definition) is 2. The second-order valence-electron chi connectivity index (χ2n) is 5.55. The van der Waals surface area contributed by atoms with Crippen molar-refractivity contribution in [2.45, 2.75) is 58.4 Å². The number of nitrogen functional groups attached to an aromatic ring is 1. The molecule has 118 valence electrons. The molecule has 1 aromatic heterocycles. The largest absolute Gasteiger partial charge is 0.462 e. The van der Waals surface area contributed by atoms with Crippen LogP contribution in [0.3, 0.4) is 0 Å². The minimum absolute atomic E-state index is 0.263. The number of rotatable bonds is 6. The smallest absolute Gasteiger partial charge is 0.344 e. The van der Waals surface area contributed by atoms with Gasteiger partial charge < -0.3 is 15.8 Å². The van der Waals surface area contributed by atoms with E-state index in [0.29, 0.717) is 24.1 Å². The average Bonchev–Trinajstić information content (AvgIpc) is 2.86. The fourth-order valence-corrected chi connectivity index (χ4v) is 3.82. The van der Waals surface area contributed by atoms with E-state index < -0.39 is 0 Å². The first-order chi connectivity index (χ1) is 10.2. The highest BCUT2D eigenvalue weighted by molar-refractivity contribution is 7.11. The molecule has 0 bridgehead atoms. The minimum Gasteiger partial charge on any atom is -0.462 e. The lowest BCUT2D eigenvalue weighted by Gasteiger charge is -2.30. The zero-order chi connectivity index (χ0) is 15.2. The summed E-state index contributed by atoms with van der Waals surface area (Å²) in [5.41, 5.74) is 6.23. The lowest BCUT2D eigenvalue weighted by Crippen LogP contribution is -2.30. The molecule has 1 atom stereocenters. The Kier molecular flexibility index (Phi) is 5.85. The van der Waals surface area contributed by atoms with E-state index in [9.17, 15) is 4.79 Å². The van der Waals surface area contributed by atoms with Gasteiger partial charge in [0.05, 0.1) is 6.61 Å². The van der Waals surface area contributed by atoms with Gasteiger partial charge in [-0.1, -0.05) is 26.2 Å². The molecule has 0 aromatic carbocycles. The second-order valence-corrected chi connectivity index (χ2v) is 6.32. The number of nitrogens with one attached hydrogen (secondary N) is 1. The Morgan fingerprint density at radius 3 is 2.76 bits per heavy atom. The van der Waals surface area contributed by atoms with E-state index in [4.69, 9.17) is 10.5 Å². The maximum atomic E-state index is 12.0. The van der Waals surface area contributed by atoms with Crippen molar-refractivity contribution in [3.63, 3.8) is 0 Å². The van der Waals surface area contributed by atoms with E-state index in [2.05, 4.69) is 16.6 Å². The van der Waals surface area contributed by atoms with Gasteiger partial charge >= 0.3 is 5.97 Å². The van der Waals surface area contributed by atoms with Crippen molar-refractivity contribution in [2.75, 3.05) is 17.7 Å². The van der Waals surface area contributed by atoms with Gasteiger partial charge in [-0.05, 0) is 43.6 Å². The maximum absolute atomic E-state index is 12.0. The number of anilines is 2. The number of nitrogens with zero attached hydrogens (tertiary/aromatic N) is 1. The highest BCUT2D eigenvalue weighted by Gasteiger charge is 2.26. The minimum atomic E-state index is -0.384. The predicted octanol–water partition coefficient (Wildman–Crippen LogP) is 3.67. The summed E-state index contributed by atoms with van der Waals surface area (Å²) in [6.45, 7) is 4.31. The van der Waals surface area contributed by atoms with Crippen molar-refractivity contribution in [3.05, 3.63) is 5.56 Å². The highest BCUT2D eigenvalue weighted by atomic mass is 32.1. The normalized spacial score (nSPS) is 17.4. The number of carbonyl (C=O) groups is 1. The molecule has 0 aliphatic heterocycles. The number of hydrogen-bond acceptors (Lipinski definition) is 6. The van der Waals surface area contributed by atoms with Crippen LogP contribution in [-0.4, -0.2) is 23.0 Å². The molecule has 1 aliphatic rings. The van der Waals surface area contributed by atoms with Gasteiger partial charge in [0.15, 0.2) is 5.82 Å². The monoisotopic (exact) mass is 311 g/mol. The fourth-order valence-electron chi connectivity index (χ4n) is 3.06. The Hall–Kier alpha value is -1.30. The molecule has 0 amide bonds. The number of carbonyl (C=O) groups excluding carboxylic acids is 1. The molecule has 1 unspecified atom stereocenters. The third-order valence-electron chi connectivity index (χ3n) is 4.17. The van der Waals surface area contributed by atoms with Crippen LogP contribution in [0.1, 0.15) is 62.7 Å². The van der Waals surface area contributed by atoms with E-state index in [0.717, 1.165) is 11.4 Å². The fraction of sp³-hybridized carbons (Fsp3) is 0.733. The van der Waals surface area contributed by atoms with Crippen LogP contribution >= 0.6 is 11.5 Å². The van der Waals surface area contributed by atoms with Crippen molar-refractivity contribution >= 4 is 28.3 Å². The Bertz CT molecular complexity index is 469. The van der Waals surface area contributed by atoms with Gasteiger partial charge in [-0.25, -0.2) is 4.79 Å². The van der Waals surface area contributed by atoms with Crippen LogP contribution in [-0.2, 0) is 4.74 Å². The summed E-state index contributed by atoms with van der Waals surface area (Å²) in [5.74, 6) is 0.548. The molecule has 3 N–H and O–H groups in total. The molecule has 1 aromatic rings. The zero-order valence-corrected chi connectivity index (χ0v) is 13.7. The van der Waals surface area contributed by atoms with E-state index in [1.807, 2.05) is 0 Å². The van der Waals surface area contributed by atoms with Crippen molar-refractivity contribution in [1.29, 1.82) is 0 Å². The first-order valence-corrected chi connectivity index (χ1v) is 8.63. The van der Waals surface area contributed by atoms with Crippen molar-refractivity contribution in [2.24, 2.45) is 5.92 Å². The van der Waals surface area contributed by atoms with Gasteiger partial charge in [-0.15, -0.1) is 0 Å². The van der Waals surface area contributed by atoms with Crippen LogP contribution in [0.25, 0.3) is 0 Å². The molecule has 0 spiro atoms. The Morgan fingerprint density at radius 1 is 1.43 bits per heavy atom. The molecule has 21 heavy (non-hydrogen) atoms. The molecule has 1 heterocycles. The third kappa shape index (κ3) is 3.87. The first-order valence-electron chi connectivity index (χ1n) is 7.86. The summed E-state index contributed by atoms with van der Waals surface area (Å²) in [5, 5.41) is 4.26. The maximum Gasteiger partial charge on any atom is 0.344 e. The Morgan fingerprint density at radius 2 is 2.14 bits per heavy atom. The van der Waals surface area contributed by atoms with Crippen molar-refractivity contribution in [3.8, 4) is 0 Å². The molecule has 1 saturated carbocycles. The van der Waals surface area contributed by atoms with Gasteiger partial charge in [-0.3, -0.25) is 0 Å². The van der Waals surface area contributed by atoms with Crippen LogP contribution in [0.4, 0.5) is 10.8 Å². The number of nitrogens with two attached hydrogens (primary N) is 1. The van der Waals surface area contributed by atoms with Crippen LogP contribution in [0, 0.1) is 5.92 Å². The number of ether oxygens (including phenoxy) is 1. The lowest BCUT2D eigenvalue weighted by molar-refractivity contribution is 0.0529. The molecule has 1 fully saturated rings. The summed E-state index contributed by atoms with van der Waals surface area (Å²) in [6.07, 6.45) is 7.50. The quantitative estimate of drug-likeness (QED) is 0.784. The molecule has 6 heteroatoms. The molecular weight excluding hydrogens is 286 g/mol. The summed E-state index contributed by atoms with van der Waals surface area (Å²) >= 11 is 1.25. The number of esters is 1. The molecule has 0 saturated heterocycles. The zero-order valence-electron chi connectivity index (χ0n) is 12.9. The Balaban J connectivity index is 2.11. The summed E-state index contributed by atoms with van der Waals surface area (Å²) in [4.78, 5) is 12.0. The summed E-state index contributed by atoms with van der Waals surface area (Å²) in [7, 11) is 0.